The first-order valence-corrected chi connectivity index (χ1v) is 19.9. The molecule has 2 aromatic rings. The molecule has 3 aliphatic heterocycles. The van der Waals surface area contributed by atoms with E-state index in [1.54, 1.807) is 32.0 Å². The van der Waals surface area contributed by atoms with Crippen LogP contribution in [-0.2, 0) is 39.9 Å². The third kappa shape index (κ3) is 9.16. The number of aromatic nitrogens is 2. The number of ether oxygens (including phenoxy) is 4. The monoisotopic (exact) mass is 766 g/mol. The number of amides is 1. The minimum Gasteiger partial charge on any atom is -0.458 e. The van der Waals surface area contributed by atoms with Crippen molar-refractivity contribution in [1.29, 1.82) is 0 Å². The van der Waals surface area contributed by atoms with E-state index in [4.69, 9.17) is 18.9 Å². The number of carbonyl (C=O) groups is 4. The van der Waals surface area contributed by atoms with Gasteiger partial charge in [0.1, 0.15) is 23.9 Å². The fourth-order valence-corrected chi connectivity index (χ4v) is 8.90. The summed E-state index contributed by atoms with van der Waals surface area (Å²) in [6.45, 7) is 15.1. The zero-order valence-corrected chi connectivity index (χ0v) is 34.2. The van der Waals surface area contributed by atoms with Crippen LogP contribution in [0.1, 0.15) is 81.1 Å². The van der Waals surface area contributed by atoms with Crippen LogP contribution in [0.25, 0.3) is 11.3 Å². The highest BCUT2D eigenvalue weighted by molar-refractivity contribution is 6.00. The van der Waals surface area contributed by atoms with Crippen molar-refractivity contribution < 1.29 is 43.2 Å². The van der Waals surface area contributed by atoms with Gasteiger partial charge in [0.05, 0.1) is 30.3 Å². The summed E-state index contributed by atoms with van der Waals surface area (Å²) in [5.41, 5.74) is 0.558. The molecular weight excluding hydrogens is 704 g/mol. The van der Waals surface area contributed by atoms with Crippen molar-refractivity contribution in [2.75, 3.05) is 20.6 Å². The second-order valence-corrected chi connectivity index (χ2v) is 16.7. The predicted molar refractivity (Wildman–Crippen MR) is 206 cm³/mol. The Kier molecular flexibility index (Phi) is 13.6. The molecule has 13 heteroatoms. The molecule has 3 fully saturated rings. The first kappa shape index (κ1) is 42.5. The number of benzene rings is 1. The SMILES string of the molecule is C[C@H]1C(=O)O[C@H](C)[C@@]2(C)OC(=O)N(CCCCn3cnc(-c4ccccc4)c3)[C@H]2[C@H](C)C(=O)[C@H](C)C[C@H](C)C(O[C@@H]2O[C@H](C)C[C@H](N(C)C)[C@H]2O)[C@@H](C)C1=O. The lowest BCUT2D eigenvalue weighted by Crippen LogP contribution is -2.57. The predicted octanol–water partition coefficient (Wildman–Crippen LogP) is 5.38. The van der Waals surface area contributed by atoms with Gasteiger partial charge in [-0.25, -0.2) is 9.78 Å². The molecule has 13 atom stereocenters. The number of cyclic esters (lactones) is 1. The van der Waals surface area contributed by atoms with Gasteiger partial charge >= 0.3 is 12.1 Å². The highest BCUT2D eigenvalue weighted by Gasteiger charge is 2.59. The number of ketones is 2. The molecule has 4 heterocycles. The van der Waals surface area contributed by atoms with Crippen LogP contribution in [0.2, 0.25) is 0 Å². The normalized spacial score (nSPS) is 36.7. The molecule has 1 amide bonds. The van der Waals surface area contributed by atoms with Crippen molar-refractivity contribution in [2.45, 2.75) is 136 Å². The van der Waals surface area contributed by atoms with Crippen LogP contribution in [0, 0.1) is 29.6 Å². The molecule has 0 bridgehead atoms. The number of unbranched alkanes of at least 4 members (excludes halogenated alkanes) is 1. The number of aryl methyl sites for hydroxylation is 1. The Hall–Kier alpha value is -3.65. The fourth-order valence-electron chi connectivity index (χ4n) is 8.90. The van der Waals surface area contributed by atoms with Gasteiger partial charge in [0.2, 0.25) is 0 Å². The van der Waals surface area contributed by atoms with Crippen LogP contribution in [0.4, 0.5) is 4.79 Å². The Balaban J connectivity index is 1.36. The number of imidazole rings is 1. The second kappa shape index (κ2) is 17.7. The molecule has 1 aromatic heterocycles. The molecule has 0 aliphatic carbocycles. The van der Waals surface area contributed by atoms with Gasteiger partial charge < -0.3 is 38.4 Å². The number of nitrogens with zero attached hydrogens (tertiary/aromatic N) is 4. The number of fused-ring (bicyclic) bond motifs is 1. The Morgan fingerprint density at radius 2 is 1.60 bits per heavy atom. The van der Waals surface area contributed by atoms with Crippen molar-refractivity contribution >= 4 is 23.6 Å². The molecule has 55 heavy (non-hydrogen) atoms. The molecule has 13 nitrogen and oxygen atoms in total. The van der Waals surface area contributed by atoms with Gasteiger partial charge in [-0.05, 0) is 73.4 Å². The first-order valence-electron chi connectivity index (χ1n) is 19.9. The number of esters is 1. The van der Waals surface area contributed by atoms with E-state index in [2.05, 4.69) is 4.98 Å². The summed E-state index contributed by atoms with van der Waals surface area (Å²) in [5, 5.41) is 11.3. The number of likely N-dealkylation sites (N-methyl/N-ethyl adjacent to an activating group) is 1. The standard InChI is InChI=1S/C42H62N4O9/c1-24-20-25(2)37(54-40-36(49)33(44(9)10)21-26(3)52-40)27(4)35(48)29(6)39(50)53-30(7)42(8)38(28(5)34(24)47)46(41(51)55-42)19-15-14-18-45-22-32(43-23-45)31-16-12-11-13-17-31/h11-13,16-17,22-30,33,36-38,40,49H,14-15,18-21H2,1-10H3/t24-,25+,26-,27+,28-,29-,30-,33+,36-,37?,38+,40+,42-/m1/s1. The Morgan fingerprint density at radius 3 is 2.27 bits per heavy atom. The van der Waals surface area contributed by atoms with Crippen molar-refractivity contribution in [3.63, 3.8) is 0 Å². The van der Waals surface area contributed by atoms with E-state index in [0.29, 0.717) is 32.4 Å². The number of carbonyl (C=O) groups excluding carboxylic acids is 4. The molecular formula is C42H62N4O9. The smallest absolute Gasteiger partial charge is 0.410 e. The highest BCUT2D eigenvalue weighted by Crippen LogP contribution is 2.41. The highest BCUT2D eigenvalue weighted by atomic mass is 16.7. The van der Waals surface area contributed by atoms with Gasteiger partial charge in [0.25, 0.3) is 0 Å². The summed E-state index contributed by atoms with van der Waals surface area (Å²) in [7, 11) is 3.78. The van der Waals surface area contributed by atoms with Crippen molar-refractivity contribution in [2.24, 2.45) is 29.6 Å². The van der Waals surface area contributed by atoms with Crippen LogP contribution in [0.15, 0.2) is 42.9 Å². The van der Waals surface area contributed by atoms with Crippen molar-refractivity contribution in [3.05, 3.63) is 42.9 Å². The van der Waals surface area contributed by atoms with E-state index in [-0.39, 0.29) is 29.6 Å². The minimum absolute atomic E-state index is 0.0739. The van der Waals surface area contributed by atoms with Crippen molar-refractivity contribution in [1.82, 2.24) is 19.4 Å². The van der Waals surface area contributed by atoms with E-state index in [0.717, 1.165) is 17.7 Å². The zero-order chi connectivity index (χ0) is 40.4. The van der Waals surface area contributed by atoms with Crippen molar-refractivity contribution in [3.8, 4) is 11.3 Å². The Labute approximate surface area is 326 Å². The van der Waals surface area contributed by atoms with Crippen LogP contribution in [-0.4, -0.2) is 117 Å². The first-order chi connectivity index (χ1) is 25.9. The number of hydrogen-bond donors (Lipinski definition) is 1. The van der Waals surface area contributed by atoms with Gasteiger partial charge in [0, 0.05) is 48.6 Å². The average Bonchev–Trinajstić information content (AvgIpc) is 3.73. The molecule has 1 aromatic carbocycles. The molecule has 1 N–H and O–H groups in total. The average molecular weight is 767 g/mol. The van der Waals surface area contributed by atoms with Crippen LogP contribution in [0.5, 0.6) is 0 Å². The number of aliphatic hydroxyl groups is 1. The summed E-state index contributed by atoms with van der Waals surface area (Å²) < 4.78 is 26.7. The Morgan fingerprint density at radius 1 is 0.927 bits per heavy atom. The number of rotatable bonds is 9. The minimum atomic E-state index is -1.36. The summed E-state index contributed by atoms with van der Waals surface area (Å²) in [6, 6.07) is 8.99. The molecule has 0 spiro atoms. The number of hydrogen-bond acceptors (Lipinski definition) is 11. The Bertz CT molecular complexity index is 1650. The van der Waals surface area contributed by atoms with Gasteiger partial charge in [-0.2, -0.15) is 0 Å². The van der Waals surface area contributed by atoms with E-state index >= 15 is 0 Å². The fraction of sp³-hybridized carbons (Fsp3) is 0.690. The zero-order valence-electron chi connectivity index (χ0n) is 34.2. The summed E-state index contributed by atoms with van der Waals surface area (Å²) >= 11 is 0. The molecule has 1 unspecified atom stereocenters. The maximum Gasteiger partial charge on any atom is 0.410 e. The molecule has 5 rings (SSSR count). The van der Waals surface area contributed by atoms with Gasteiger partial charge in [-0.1, -0.05) is 58.0 Å². The van der Waals surface area contributed by atoms with Crippen LogP contribution >= 0.6 is 0 Å². The molecule has 3 aliphatic rings. The third-order valence-corrected chi connectivity index (χ3v) is 12.3. The second-order valence-electron chi connectivity index (χ2n) is 16.7. The molecule has 3 saturated heterocycles. The van der Waals surface area contributed by atoms with E-state index in [1.807, 2.05) is 87.8 Å². The topological polar surface area (TPSA) is 150 Å². The van der Waals surface area contributed by atoms with E-state index in [1.165, 1.54) is 6.92 Å². The number of aliphatic hydroxyl groups excluding tert-OH is 1. The lowest BCUT2D eigenvalue weighted by atomic mass is 9.75. The number of Topliss-reactive ketones (excluding diaryl/α,β-unsaturated/α-hetero) is 2. The lowest BCUT2D eigenvalue weighted by Gasteiger charge is -2.44. The van der Waals surface area contributed by atoms with Gasteiger partial charge in [0.15, 0.2) is 17.7 Å². The van der Waals surface area contributed by atoms with E-state index in [9.17, 15) is 24.3 Å². The van der Waals surface area contributed by atoms with E-state index < -0.39 is 72.0 Å². The molecule has 0 saturated carbocycles. The quantitative estimate of drug-likeness (QED) is 0.199. The third-order valence-electron chi connectivity index (χ3n) is 12.3. The molecule has 0 radical (unpaired) electrons. The largest absolute Gasteiger partial charge is 0.458 e. The van der Waals surface area contributed by atoms with Gasteiger partial charge in [-0.15, -0.1) is 0 Å². The maximum absolute atomic E-state index is 14.4. The lowest BCUT2D eigenvalue weighted by molar-refractivity contribution is -0.278. The molecule has 304 valence electrons. The van der Waals surface area contributed by atoms with Crippen LogP contribution < -0.4 is 0 Å². The van der Waals surface area contributed by atoms with Crippen LogP contribution in [0.3, 0.4) is 0 Å². The summed E-state index contributed by atoms with van der Waals surface area (Å²) in [5.74, 6) is -4.67. The maximum atomic E-state index is 14.4. The summed E-state index contributed by atoms with van der Waals surface area (Å²) in [6.07, 6.45) is 1.63. The summed E-state index contributed by atoms with van der Waals surface area (Å²) in [4.78, 5) is 63.9. The van der Waals surface area contributed by atoms with Gasteiger partial charge in [-0.3, -0.25) is 14.4 Å².